The Hall–Kier alpha value is -2.85. The van der Waals surface area contributed by atoms with Crippen molar-refractivity contribution < 1.29 is 27.3 Å². The van der Waals surface area contributed by atoms with Crippen molar-refractivity contribution in [2.45, 2.75) is 56.9 Å². The number of aryl methyl sites for hydroxylation is 2. The average molecular weight is 476 g/mol. The topological polar surface area (TPSA) is 135 Å². The largest absolute Gasteiger partial charge is 0.361 e. The van der Waals surface area contributed by atoms with Crippen LogP contribution in [0.2, 0.25) is 0 Å². The molecule has 0 saturated heterocycles. The van der Waals surface area contributed by atoms with Gasteiger partial charge in [-0.1, -0.05) is 37.2 Å². The molecule has 1 aliphatic rings. The van der Waals surface area contributed by atoms with E-state index in [9.17, 15) is 22.8 Å². The highest BCUT2D eigenvalue weighted by molar-refractivity contribution is 7.89. The molecule has 2 unspecified atom stereocenters. The van der Waals surface area contributed by atoms with Gasteiger partial charge in [-0.3, -0.25) is 14.4 Å². The second kappa shape index (κ2) is 10.8. The Balaban J connectivity index is 1.79. The number of carbonyl (C=O) groups excluding carboxylic acids is 3. The highest BCUT2D eigenvalue weighted by Gasteiger charge is 2.34. The summed E-state index contributed by atoms with van der Waals surface area (Å²) in [7, 11) is -3.93. The predicted octanol–water partition coefficient (Wildman–Crippen LogP) is 1.82. The van der Waals surface area contributed by atoms with Crippen molar-refractivity contribution >= 4 is 27.5 Å². The van der Waals surface area contributed by atoms with Crippen LogP contribution < -0.4 is 10.0 Å². The van der Waals surface area contributed by atoms with E-state index in [-0.39, 0.29) is 23.7 Å². The van der Waals surface area contributed by atoms with Gasteiger partial charge in [0, 0.05) is 30.9 Å². The van der Waals surface area contributed by atoms with Crippen LogP contribution in [0.5, 0.6) is 0 Å². The third-order valence-electron chi connectivity index (χ3n) is 5.75. The van der Waals surface area contributed by atoms with Crippen molar-refractivity contribution in [2.75, 3.05) is 6.54 Å². The van der Waals surface area contributed by atoms with Gasteiger partial charge in [0.25, 0.3) is 5.91 Å². The molecule has 0 saturated carbocycles. The average Bonchev–Trinajstić information content (AvgIpc) is 3.23. The number of benzene rings is 1. The zero-order valence-electron chi connectivity index (χ0n) is 18.7. The number of Topliss-reactive ketones (excluding diaryl/α,β-unsaturated/α-hetero) is 2. The van der Waals surface area contributed by atoms with Gasteiger partial charge >= 0.3 is 0 Å². The van der Waals surface area contributed by atoms with E-state index in [2.05, 4.69) is 15.2 Å². The van der Waals surface area contributed by atoms with Gasteiger partial charge < -0.3 is 9.84 Å². The molecule has 0 fully saturated rings. The van der Waals surface area contributed by atoms with Gasteiger partial charge in [0.05, 0.1) is 17.1 Å². The number of aromatic nitrogens is 1. The molecule has 1 aromatic heterocycles. The molecule has 0 radical (unpaired) electrons. The molecule has 178 valence electrons. The maximum atomic E-state index is 13.2. The lowest BCUT2D eigenvalue weighted by molar-refractivity contribution is -0.141. The number of rotatable bonds is 7. The Morgan fingerprint density at radius 3 is 2.64 bits per heavy atom. The van der Waals surface area contributed by atoms with Crippen LogP contribution in [0, 0.1) is 11.8 Å². The number of nitrogens with one attached hydrogen (secondary N) is 2. The van der Waals surface area contributed by atoms with E-state index in [1.807, 2.05) is 0 Å². The molecule has 2 N–H and O–H groups in total. The fourth-order valence-electron chi connectivity index (χ4n) is 3.85. The first-order valence-corrected chi connectivity index (χ1v) is 12.5. The van der Waals surface area contributed by atoms with Gasteiger partial charge in [-0.05, 0) is 37.3 Å². The van der Waals surface area contributed by atoms with Crippen LogP contribution in [-0.4, -0.2) is 43.6 Å². The van der Waals surface area contributed by atoms with Gasteiger partial charge in [-0.2, -0.15) is 0 Å². The minimum atomic E-state index is -3.93. The Bertz CT molecular complexity index is 1090. The van der Waals surface area contributed by atoms with E-state index >= 15 is 0 Å². The molecule has 1 aliphatic heterocycles. The maximum Gasteiger partial charge on any atom is 0.287 e. The first kappa shape index (κ1) is 24.8. The number of ketones is 2. The lowest BCUT2D eigenvalue weighted by atomic mass is 9.87. The molecule has 0 spiro atoms. The fraction of sp³-hybridized carbons (Fsp3) is 0.478. The lowest BCUT2D eigenvalue weighted by Crippen LogP contribution is -2.46. The molecule has 0 bridgehead atoms. The summed E-state index contributed by atoms with van der Waals surface area (Å²) < 4.78 is 33.3. The summed E-state index contributed by atoms with van der Waals surface area (Å²) in [6, 6.07) is 6.75. The standard InChI is InChI=1S/C23H29N3O6S/c1-15(2)21(26-33(30,31)18-7-4-3-5-8-18)19(27)13-16-10-11-17-14-25-32-20(17)9-6-12-24-23(29)22(16)28/h3-5,7-8,14-16,21,26H,6,9-13H2,1-2H3,(H,24,29). The second-order valence-corrected chi connectivity index (χ2v) is 10.3. The summed E-state index contributed by atoms with van der Waals surface area (Å²) >= 11 is 0. The van der Waals surface area contributed by atoms with Crippen molar-refractivity contribution in [3.05, 3.63) is 47.9 Å². The van der Waals surface area contributed by atoms with Crippen LogP contribution in [0.25, 0.3) is 0 Å². The van der Waals surface area contributed by atoms with Crippen LogP contribution in [0.3, 0.4) is 0 Å². The fourth-order valence-corrected chi connectivity index (χ4v) is 5.24. The van der Waals surface area contributed by atoms with E-state index in [1.165, 1.54) is 12.1 Å². The molecule has 3 rings (SSSR count). The van der Waals surface area contributed by atoms with Crippen molar-refractivity contribution in [3.63, 3.8) is 0 Å². The van der Waals surface area contributed by atoms with E-state index in [4.69, 9.17) is 4.52 Å². The smallest absolute Gasteiger partial charge is 0.287 e. The molecule has 1 aromatic carbocycles. The monoisotopic (exact) mass is 475 g/mol. The third kappa shape index (κ3) is 6.35. The number of nitrogens with zero attached hydrogens (tertiary/aromatic N) is 1. The minimum absolute atomic E-state index is 0.0498. The summed E-state index contributed by atoms with van der Waals surface area (Å²) in [4.78, 5) is 38.4. The molecule has 2 heterocycles. The van der Waals surface area contributed by atoms with Crippen molar-refractivity contribution in [1.82, 2.24) is 15.2 Å². The normalized spacial score (nSPS) is 18.8. The highest BCUT2D eigenvalue weighted by Crippen LogP contribution is 2.22. The van der Waals surface area contributed by atoms with Crippen LogP contribution in [0.15, 0.2) is 45.9 Å². The maximum absolute atomic E-state index is 13.2. The van der Waals surface area contributed by atoms with Gasteiger partial charge in [0.15, 0.2) is 5.78 Å². The van der Waals surface area contributed by atoms with Crippen LogP contribution in [0.1, 0.15) is 44.4 Å². The summed E-state index contributed by atoms with van der Waals surface area (Å²) in [5.41, 5.74) is 0.847. The number of sulfonamides is 1. The zero-order chi connectivity index (χ0) is 24.0. The van der Waals surface area contributed by atoms with Crippen molar-refractivity contribution in [1.29, 1.82) is 0 Å². The number of hydrogen-bond acceptors (Lipinski definition) is 7. The van der Waals surface area contributed by atoms with Gasteiger partial charge in [0.2, 0.25) is 15.8 Å². The Kier molecular flexibility index (Phi) is 8.15. The summed E-state index contributed by atoms with van der Waals surface area (Å²) in [6.45, 7) is 3.76. The van der Waals surface area contributed by atoms with Crippen LogP contribution in [-0.2, 0) is 37.2 Å². The molecular formula is C23H29N3O6S. The number of fused-ring (bicyclic) bond motifs is 1. The Labute approximate surface area is 193 Å². The summed E-state index contributed by atoms with van der Waals surface area (Å²) in [5.74, 6) is -2.35. The molecule has 10 heteroatoms. The minimum Gasteiger partial charge on any atom is -0.361 e. The molecular weight excluding hydrogens is 446 g/mol. The molecule has 1 amide bonds. The molecule has 33 heavy (non-hydrogen) atoms. The quantitative estimate of drug-likeness (QED) is 0.583. The first-order valence-electron chi connectivity index (χ1n) is 11.0. The van der Waals surface area contributed by atoms with Gasteiger partial charge in [0.1, 0.15) is 5.76 Å². The molecule has 0 aliphatic carbocycles. The summed E-state index contributed by atoms with van der Waals surface area (Å²) in [5, 5.41) is 6.42. The highest BCUT2D eigenvalue weighted by atomic mass is 32.2. The second-order valence-electron chi connectivity index (χ2n) is 8.56. The first-order chi connectivity index (χ1) is 15.7. The van der Waals surface area contributed by atoms with Crippen molar-refractivity contribution in [2.24, 2.45) is 11.8 Å². The molecule has 2 aromatic rings. The van der Waals surface area contributed by atoms with E-state index in [0.29, 0.717) is 31.6 Å². The van der Waals surface area contributed by atoms with Crippen LogP contribution in [0.4, 0.5) is 0 Å². The lowest BCUT2D eigenvalue weighted by Gasteiger charge is -2.23. The van der Waals surface area contributed by atoms with Crippen LogP contribution >= 0.6 is 0 Å². The van der Waals surface area contributed by atoms with E-state index in [0.717, 1.165) is 5.56 Å². The zero-order valence-corrected chi connectivity index (χ0v) is 19.6. The third-order valence-corrected chi connectivity index (χ3v) is 7.21. The Morgan fingerprint density at radius 2 is 1.94 bits per heavy atom. The number of amides is 1. The number of carbonyl (C=O) groups is 3. The Morgan fingerprint density at radius 1 is 1.21 bits per heavy atom. The van der Waals surface area contributed by atoms with E-state index in [1.54, 1.807) is 38.2 Å². The SMILES string of the molecule is CC(C)C(NS(=O)(=O)c1ccccc1)C(=O)CC1CCc2cnoc2CCCNC(=O)C1=O. The van der Waals surface area contributed by atoms with E-state index < -0.39 is 39.5 Å². The number of hydrogen-bond donors (Lipinski definition) is 2. The van der Waals surface area contributed by atoms with Gasteiger partial charge in [-0.25, -0.2) is 13.1 Å². The van der Waals surface area contributed by atoms with Crippen molar-refractivity contribution in [3.8, 4) is 0 Å². The summed E-state index contributed by atoms with van der Waals surface area (Å²) in [6.07, 6.45) is 3.22. The van der Waals surface area contributed by atoms with Gasteiger partial charge in [-0.15, -0.1) is 0 Å². The molecule has 2 atom stereocenters. The predicted molar refractivity (Wildman–Crippen MR) is 120 cm³/mol. The molecule has 9 nitrogen and oxygen atoms in total.